The molecule has 150 valence electrons. The monoisotopic (exact) mass is 426 g/mol. The summed E-state index contributed by atoms with van der Waals surface area (Å²) in [5.74, 6) is 3.42. The van der Waals surface area contributed by atoms with Crippen LogP contribution in [0.1, 0.15) is 55.9 Å². The molecule has 4 saturated carbocycles. The van der Waals surface area contributed by atoms with Crippen LogP contribution < -0.4 is 0 Å². The highest BCUT2D eigenvalue weighted by molar-refractivity contribution is 6.42. The molecular formula is C24H24Cl2N2O. The number of benzene rings is 2. The molecule has 1 heterocycles. The zero-order valence-corrected chi connectivity index (χ0v) is 17.7. The van der Waals surface area contributed by atoms with Gasteiger partial charge in [-0.2, -0.15) is 0 Å². The number of rotatable bonds is 3. The maximum Gasteiger partial charge on any atom is 0.229 e. The van der Waals surface area contributed by atoms with E-state index in [2.05, 4.69) is 34.3 Å². The largest absolute Gasteiger partial charge is 0.363 e. The molecule has 3 nitrogen and oxygen atoms in total. The van der Waals surface area contributed by atoms with Crippen molar-refractivity contribution in [2.75, 3.05) is 0 Å². The summed E-state index contributed by atoms with van der Waals surface area (Å²) in [4.78, 5) is 8.59. The van der Waals surface area contributed by atoms with Gasteiger partial charge in [-0.1, -0.05) is 70.8 Å². The molecule has 1 atom stereocenters. The maximum atomic E-state index is 6.65. The molecule has 4 aliphatic carbocycles. The lowest BCUT2D eigenvalue weighted by molar-refractivity contribution is -0.116. The summed E-state index contributed by atoms with van der Waals surface area (Å²) in [6.07, 6.45) is 7.54. The summed E-state index contributed by atoms with van der Waals surface area (Å²) < 4.78 is 0. The SMILES string of the molecule is Clc1cccc(C2ON=C(c3ccccc3)N2C23CC4CC(CC(C4)C2)C3)c1Cl. The van der Waals surface area contributed by atoms with Gasteiger partial charge >= 0.3 is 0 Å². The Labute approximate surface area is 181 Å². The Bertz CT molecular complexity index is 939. The fraction of sp³-hybridized carbons (Fsp3) is 0.458. The van der Waals surface area contributed by atoms with E-state index in [-0.39, 0.29) is 11.8 Å². The van der Waals surface area contributed by atoms with E-state index < -0.39 is 0 Å². The van der Waals surface area contributed by atoms with Gasteiger partial charge in [-0.15, -0.1) is 0 Å². The van der Waals surface area contributed by atoms with Gasteiger partial charge in [0.2, 0.25) is 6.23 Å². The third-order valence-electron chi connectivity index (χ3n) is 7.50. The first kappa shape index (κ1) is 18.1. The van der Waals surface area contributed by atoms with E-state index in [4.69, 9.17) is 28.0 Å². The molecule has 2 aromatic rings. The van der Waals surface area contributed by atoms with Gasteiger partial charge in [-0.05, 0) is 62.3 Å². The zero-order valence-electron chi connectivity index (χ0n) is 16.2. The normalized spacial score (nSPS) is 35.0. The van der Waals surface area contributed by atoms with Gasteiger partial charge in [0.25, 0.3) is 0 Å². The number of halogens is 2. The molecule has 0 radical (unpaired) electrons. The fourth-order valence-corrected chi connectivity index (χ4v) is 7.22. The van der Waals surface area contributed by atoms with Crippen LogP contribution in [0.25, 0.3) is 0 Å². The molecule has 2 aromatic carbocycles. The van der Waals surface area contributed by atoms with Gasteiger partial charge in [0, 0.05) is 16.7 Å². The van der Waals surface area contributed by atoms with Crippen LogP contribution >= 0.6 is 23.2 Å². The molecule has 1 unspecified atom stereocenters. The molecule has 5 heteroatoms. The van der Waals surface area contributed by atoms with Crippen molar-refractivity contribution >= 4 is 29.0 Å². The first-order valence-electron chi connectivity index (χ1n) is 10.7. The lowest BCUT2D eigenvalue weighted by Crippen LogP contribution is -2.61. The van der Waals surface area contributed by atoms with E-state index in [0.717, 1.165) is 34.7 Å². The molecule has 4 bridgehead atoms. The van der Waals surface area contributed by atoms with Gasteiger partial charge in [0.1, 0.15) is 0 Å². The lowest BCUT2D eigenvalue weighted by Gasteiger charge is -2.60. The Kier molecular flexibility index (Phi) is 4.15. The first-order chi connectivity index (χ1) is 14.1. The summed E-state index contributed by atoms with van der Waals surface area (Å²) in [5, 5.41) is 5.74. The molecule has 7 rings (SSSR count). The molecule has 1 aliphatic heterocycles. The molecule has 0 amide bonds. The van der Waals surface area contributed by atoms with E-state index >= 15 is 0 Å². The molecule has 0 saturated heterocycles. The molecule has 4 fully saturated rings. The van der Waals surface area contributed by atoms with Crippen LogP contribution in [0.3, 0.4) is 0 Å². The second-order valence-electron chi connectivity index (χ2n) is 9.39. The minimum Gasteiger partial charge on any atom is -0.363 e. The summed E-state index contributed by atoms with van der Waals surface area (Å²) in [5.41, 5.74) is 2.10. The lowest BCUT2D eigenvalue weighted by atomic mass is 9.52. The number of nitrogens with zero attached hydrogens (tertiary/aromatic N) is 2. The minimum atomic E-state index is -0.326. The van der Waals surface area contributed by atoms with Gasteiger partial charge < -0.3 is 9.74 Å². The summed E-state index contributed by atoms with van der Waals surface area (Å²) in [6.45, 7) is 0. The highest BCUT2D eigenvalue weighted by Gasteiger charge is 2.57. The highest BCUT2D eigenvalue weighted by Crippen LogP contribution is 2.60. The van der Waals surface area contributed by atoms with E-state index in [1.54, 1.807) is 0 Å². The third-order valence-corrected chi connectivity index (χ3v) is 8.33. The van der Waals surface area contributed by atoms with E-state index in [1.807, 2.05) is 24.3 Å². The van der Waals surface area contributed by atoms with Gasteiger partial charge in [-0.3, -0.25) is 0 Å². The van der Waals surface area contributed by atoms with Crippen LogP contribution in [0.4, 0.5) is 0 Å². The molecular weight excluding hydrogens is 403 g/mol. The van der Waals surface area contributed by atoms with E-state index in [1.165, 1.54) is 38.5 Å². The highest BCUT2D eigenvalue weighted by atomic mass is 35.5. The minimum absolute atomic E-state index is 0.0935. The van der Waals surface area contributed by atoms with Crippen LogP contribution in [0, 0.1) is 17.8 Å². The van der Waals surface area contributed by atoms with Crippen molar-refractivity contribution in [3.8, 4) is 0 Å². The topological polar surface area (TPSA) is 24.8 Å². The fourth-order valence-electron chi connectivity index (χ4n) is 6.82. The van der Waals surface area contributed by atoms with Crippen molar-refractivity contribution in [2.45, 2.75) is 50.3 Å². The molecule has 0 N–H and O–H groups in total. The standard InChI is InChI=1S/C24H24Cl2N2O/c25-20-8-4-7-19(21(20)26)23-28(22(27-29-23)18-5-2-1-3-6-18)24-12-15-9-16(13-24)11-17(10-15)14-24/h1-8,15-17,23H,9-14H2. The predicted molar refractivity (Wildman–Crippen MR) is 116 cm³/mol. The van der Waals surface area contributed by atoms with E-state index in [9.17, 15) is 0 Å². The van der Waals surface area contributed by atoms with Crippen LogP contribution in [0.15, 0.2) is 53.7 Å². The van der Waals surface area contributed by atoms with Crippen molar-refractivity contribution in [1.29, 1.82) is 0 Å². The average Bonchev–Trinajstić information content (AvgIpc) is 3.16. The molecule has 5 aliphatic rings. The van der Waals surface area contributed by atoms with Crippen molar-refractivity contribution < 1.29 is 4.84 Å². The Morgan fingerprint density at radius 3 is 2.17 bits per heavy atom. The number of hydrogen-bond donors (Lipinski definition) is 0. The maximum absolute atomic E-state index is 6.65. The van der Waals surface area contributed by atoms with Crippen LogP contribution in [0.2, 0.25) is 10.0 Å². The second-order valence-corrected chi connectivity index (χ2v) is 10.2. The smallest absolute Gasteiger partial charge is 0.229 e. The Morgan fingerprint density at radius 2 is 1.52 bits per heavy atom. The van der Waals surface area contributed by atoms with Gasteiger partial charge in [0.05, 0.1) is 10.0 Å². The van der Waals surface area contributed by atoms with Crippen molar-refractivity contribution in [3.05, 3.63) is 69.7 Å². The number of oxime groups is 1. The van der Waals surface area contributed by atoms with Crippen LogP contribution in [0.5, 0.6) is 0 Å². The Hall–Kier alpha value is -1.71. The quantitative estimate of drug-likeness (QED) is 0.548. The van der Waals surface area contributed by atoms with Gasteiger partial charge in [-0.25, -0.2) is 0 Å². The second kappa shape index (κ2) is 6.65. The predicted octanol–water partition coefficient (Wildman–Crippen LogP) is 6.65. The number of amidine groups is 1. The summed E-state index contributed by atoms with van der Waals surface area (Å²) in [7, 11) is 0. The van der Waals surface area contributed by atoms with Crippen molar-refractivity contribution in [1.82, 2.24) is 4.90 Å². The van der Waals surface area contributed by atoms with Crippen LogP contribution in [-0.2, 0) is 4.84 Å². The summed E-state index contributed by atoms with van der Waals surface area (Å²) >= 11 is 13.0. The molecule has 0 aromatic heterocycles. The zero-order chi connectivity index (χ0) is 19.6. The summed E-state index contributed by atoms with van der Waals surface area (Å²) in [6, 6.07) is 16.2. The van der Waals surface area contributed by atoms with E-state index in [0.29, 0.717) is 10.0 Å². The Morgan fingerprint density at radius 1 is 0.862 bits per heavy atom. The average molecular weight is 427 g/mol. The van der Waals surface area contributed by atoms with Crippen LogP contribution in [-0.4, -0.2) is 16.3 Å². The first-order valence-corrected chi connectivity index (χ1v) is 11.4. The van der Waals surface area contributed by atoms with Crippen molar-refractivity contribution in [2.24, 2.45) is 22.9 Å². The molecule has 0 spiro atoms. The Balaban J connectivity index is 1.48. The third kappa shape index (κ3) is 2.81. The van der Waals surface area contributed by atoms with Gasteiger partial charge in [0.15, 0.2) is 5.84 Å². The van der Waals surface area contributed by atoms with Crippen molar-refractivity contribution in [3.63, 3.8) is 0 Å². The molecule has 29 heavy (non-hydrogen) atoms. The number of hydrogen-bond acceptors (Lipinski definition) is 3.